The third-order valence-corrected chi connectivity index (χ3v) is 6.39. The maximum absolute atomic E-state index is 6.10. The van der Waals surface area contributed by atoms with Crippen LogP contribution in [-0.4, -0.2) is 52.6 Å². The second-order valence-corrected chi connectivity index (χ2v) is 8.80. The van der Waals surface area contributed by atoms with Crippen molar-refractivity contribution in [3.63, 3.8) is 0 Å². The molecule has 1 aliphatic rings. The van der Waals surface area contributed by atoms with Crippen LogP contribution in [0.15, 0.2) is 67.0 Å². The van der Waals surface area contributed by atoms with Gasteiger partial charge in [-0.15, -0.1) is 0 Å². The minimum atomic E-state index is 0.684. The van der Waals surface area contributed by atoms with Crippen molar-refractivity contribution >= 4 is 45.6 Å². The van der Waals surface area contributed by atoms with E-state index in [1.54, 1.807) is 6.20 Å². The third kappa shape index (κ3) is 5.21. The molecule has 0 saturated carbocycles. The van der Waals surface area contributed by atoms with E-state index < -0.39 is 0 Å². The van der Waals surface area contributed by atoms with Crippen molar-refractivity contribution in [3.05, 3.63) is 77.6 Å². The number of anilines is 4. The molecule has 34 heavy (non-hydrogen) atoms. The fraction of sp³-hybridized carbons (Fsp3) is 0.269. The van der Waals surface area contributed by atoms with Crippen LogP contribution in [-0.2, 0) is 6.54 Å². The number of hydrogen-bond acceptors (Lipinski definition) is 7. The van der Waals surface area contributed by atoms with Gasteiger partial charge >= 0.3 is 0 Å². The molecule has 174 valence electrons. The Hall–Kier alpha value is -3.42. The van der Waals surface area contributed by atoms with Crippen LogP contribution in [0.2, 0.25) is 5.02 Å². The van der Waals surface area contributed by atoms with Crippen LogP contribution in [0.5, 0.6) is 0 Å². The van der Waals surface area contributed by atoms with Crippen molar-refractivity contribution in [2.45, 2.75) is 13.5 Å². The van der Waals surface area contributed by atoms with Crippen molar-refractivity contribution in [1.29, 1.82) is 0 Å². The first-order valence-electron chi connectivity index (χ1n) is 11.6. The minimum Gasteiger partial charge on any atom is -0.366 e. The predicted octanol–water partition coefficient (Wildman–Crippen LogP) is 5.18. The standard InChI is InChI=1S/C26H28ClN7/c1-2-33-13-15-34(16-14-33)26-29-12-10-25(32-26)30-18-19-3-6-21(7-4-19)31-23-9-11-28-24-17-20(27)5-8-22(23)24/h3-12,17H,2,13-16,18H2,1H3,(H,28,31)(H,29,30,32). The molecule has 0 aliphatic carbocycles. The Kier molecular flexibility index (Phi) is 6.74. The lowest BCUT2D eigenvalue weighted by atomic mass is 10.1. The topological polar surface area (TPSA) is 69.2 Å². The van der Waals surface area contributed by atoms with Gasteiger partial charge in [0.15, 0.2) is 0 Å². The summed E-state index contributed by atoms with van der Waals surface area (Å²) in [5.74, 6) is 1.64. The van der Waals surface area contributed by atoms with Crippen LogP contribution in [0.25, 0.3) is 10.9 Å². The van der Waals surface area contributed by atoms with Gasteiger partial charge in [0.1, 0.15) is 5.82 Å². The zero-order chi connectivity index (χ0) is 23.3. The molecule has 0 radical (unpaired) electrons. The summed E-state index contributed by atoms with van der Waals surface area (Å²) >= 11 is 6.10. The van der Waals surface area contributed by atoms with Gasteiger partial charge < -0.3 is 20.4 Å². The average Bonchev–Trinajstić information content (AvgIpc) is 2.88. The summed E-state index contributed by atoms with van der Waals surface area (Å²) in [7, 11) is 0. The number of halogens is 1. The van der Waals surface area contributed by atoms with Crippen LogP contribution < -0.4 is 15.5 Å². The van der Waals surface area contributed by atoms with Crippen molar-refractivity contribution in [2.24, 2.45) is 0 Å². The lowest BCUT2D eigenvalue weighted by Gasteiger charge is -2.34. The first-order chi connectivity index (χ1) is 16.7. The van der Waals surface area contributed by atoms with Gasteiger partial charge in [-0.2, -0.15) is 4.98 Å². The number of nitrogens with zero attached hydrogens (tertiary/aromatic N) is 5. The van der Waals surface area contributed by atoms with Crippen LogP contribution in [0.4, 0.5) is 23.1 Å². The van der Waals surface area contributed by atoms with Gasteiger partial charge in [-0.1, -0.05) is 30.7 Å². The Bertz CT molecular complexity index is 1250. The summed E-state index contributed by atoms with van der Waals surface area (Å²) in [4.78, 5) is 18.3. The van der Waals surface area contributed by atoms with Crippen molar-refractivity contribution in [3.8, 4) is 0 Å². The minimum absolute atomic E-state index is 0.684. The van der Waals surface area contributed by atoms with Crippen molar-refractivity contribution in [1.82, 2.24) is 19.9 Å². The highest BCUT2D eigenvalue weighted by molar-refractivity contribution is 6.31. The van der Waals surface area contributed by atoms with Crippen molar-refractivity contribution in [2.75, 3.05) is 48.3 Å². The zero-order valence-electron chi connectivity index (χ0n) is 19.2. The van der Waals surface area contributed by atoms with Gasteiger partial charge in [0.05, 0.1) is 5.52 Å². The number of rotatable bonds is 7. The quantitative estimate of drug-likeness (QED) is 0.383. The number of pyridine rings is 1. The van der Waals surface area contributed by atoms with Gasteiger partial charge in [0, 0.05) is 66.9 Å². The highest BCUT2D eigenvalue weighted by atomic mass is 35.5. The molecular weight excluding hydrogens is 446 g/mol. The molecule has 7 nitrogen and oxygen atoms in total. The van der Waals surface area contributed by atoms with E-state index in [9.17, 15) is 0 Å². The van der Waals surface area contributed by atoms with Crippen LogP contribution in [0, 0.1) is 0 Å². The summed E-state index contributed by atoms with van der Waals surface area (Å²) in [6.45, 7) is 8.03. The number of benzene rings is 2. The normalized spacial score (nSPS) is 14.4. The van der Waals surface area contributed by atoms with E-state index >= 15 is 0 Å². The lowest BCUT2D eigenvalue weighted by Crippen LogP contribution is -2.46. The highest BCUT2D eigenvalue weighted by Crippen LogP contribution is 2.27. The van der Waals surface area contributed by atoms with Gasteiger partial charge in [-0.3, -0.25) is 4.98 Å². The molecule has 0 atom stereocenters. The maximum Gasteiger partial charge on any atom is 0.227 e. The monoisotopic (exact) mass is 473 g/mol. The van der Waals surface area contributed by atoms with Crippen LogP contribution in [0.1, 0.15) is 12.5 Å². The van der Waals surface area contributed by atoms with E-state index in [4.69, 9.17) is 16.6 Å². The van der Waals surface area contributed by atoms with E-state index in [1.807, 2.05) is 36.5 Å². The molecule has 1 aliphatic heterocycles. The van der Waals surface area contributed by atoms with Gasteiger partial charge in [0.25, 0.3) is 0 Å². The van der Waals surface area contributed by atoms with E-state index in [1.165, 1.54) is 5.56 Å². The first kappa shape index (κ1) is 22.4. The maximum atomic E-state index is 6.10. The number of nitrogens with one attached hydrogen (secondary N) is 2. The number of hydrogen-bond donors (Lipinski definition) is 2. The van der Waals surface area contributed by atoms with Gasteiger partial charge in [-0.05, 0) is 54.6 Å². The summed E-state index contributed by atoms with van der Waals surface area (Å²) in [6, 6.07) is 18.0. The fourth-order valence-corrected chi connectivity index (χ4v) is 4.31. The number of fused-ring (bicyclic) bond motifs is 1. The lowest BCUT2D eigenvalue weighted by molar-refractivity contribution is 0.270. The van der Waals surface area contributed by atoms with E-state index in [0.29, 0.717) is 11.6 Å². The molecule has 4 aromatic rings. The molecule has 8 heteroatoms. The molecule has 1 fully saturated rings. The largest absolute Gasteiger partial charge is 0.366 e. The number of piperazine rings is 1. The molecule has 1 saturated heterocycles. The summed E-state index contributed by atoms with van der Waals surface area (Å²) in [5.41, 5.74) is 4.06. The molecular formula is C26H28ClN7. The molecule has 0 unspecified atom stereocenters. The molecule has 2 aromatic heterocycles. The Morgan fingerprint density at radius 2 is 1.71 bits per heavy atom. The van der Waals surface area contributed by atoms with Crippen LogP contribution >= 0.6 is 11.6 Å². The Balaban J connectivity index is 1.20. The highest BCUT2D eigenvalue weighted by Gasteiger charge is 2.17. The summed E-state index contributed by atoms with van der Waals surface area (Å²) < 4.78 is 0. The molecule has 2 aromatic carbocycles. The Morgan fingerprint density at radius 1 is 0.912 bits per heavy atom. The number of aromatic nitrogens is 3. The first-order valence-corrected chi connectivity index (χ1v) is 12.0. The Morgan fingerprint density at radius 3 is 2.50 bits per heavy atom. The van der Waals surface area contributed by atoms with Gasteiger partial charge in [-0.25, -0.2) is 4.98 Å². The van der Waals surface area contributed by atoms with E-state index in [0.717, 1.165) is 66.8 Å². The predicted molar refractivity (Wildman–Crippen MR) is 140 cm³/mol. The average molecular weight is 474 g/mol. The van der Waals surface area contributed by atoms with Crippen LogP contribution in [0.3, 0.4) is 0 Å². The second-order valence-electron chi connectivity index (χ2n) is 8.36. The van der Waals surface area contributed by atoms with Crippen molar-refractivity contribution < 1.29 is 0 Å². The summed E-state index contributed by atoms with van der Waals surface area (Å²) in [5, 5.41) is 8.63. The molecule has 0 amide bonds. The molecule has 0 spiro atoms. The molecule has 5 rings (SSSR count). The Labute approximate surface area is 204 Å². The van der Waals surface area contributed by atoms with Gasteiger partial charge in [0.2, 0.25) is 5.95 Å². The van der Waals surface area contributed by atoms with E-state index in [2.05, 4.69) is 61.6 Å². The van der Waals surface area contributed by atoms with E-state index in [-0.39, 0.29) is 0 Å². The zero-order valence-corrected chi connectivity index (χ0v) is 20.0. The fourth-order valence-electron chi connectivity index (χ4n) is 4.15. The molecule has 2 N–H and O–H groups in total. The third-order valence-electron chi connectivity index (χ3n) is 6.16. The molecule has 3 heterocycles. The molecule has 0 bridgehead atoms. The summed E-state index contributed by atoms with van der Waals surface area (Å²) in [6.07, 6.45) is 3.62. The number of likely N-dealkylation sites (N-methyl/N-ethyl adjacent to an activating group) is 1. The second kappa shape index (κ2) is 10.2. The smallest absolute Gasteiger partial charge is 0.227 e. The SMILES string of the molecule is CCN1CCN(c2nccc(NCc3ccc(Nc4ccnc5cc(Cl)ccc45)cc3)n2)CC1.